The van der Waals surface area contributed by atoms with Gasteiger partial charge in [0.1, 0.15) is 11.5 Å². The fourth-order valence-electron chi connectivity index (χ4n) is 1.19. The summed E-state index contributed by atoms with van der Waals surface area (Å²) >= 11 is 0. The van der Waals surface area contributed by atoms with Crippen LogP contribution in [0.5, 0.6) is 11.5 Å². The second kappa shape index (κ2) is 7.17. The van der Waals surface area contributed by atoms with Gasteiger partial charge in [-0.15, -0.1) is 0 Å². The first kappa shape index (κ1) is 13.8. The topological polar surface area (TPSA) is 35.5 Å². The third-order valence-corrected chi connectivity index (χ3v) is 2.69. The number of hydrogen-bond donors (Lipinski definition) is 0. The molecule has 1 radical (unpaired) electrons. The summed E-state index contributed by atoms with van der Waals surface area (Å²) in [4.78, 5) is 0. The summed E-state index contributed by atoms with van der Waals surface area (Å²) in [5.41, 5.74) is 0. The molecule has 0 aliphatic rings. The van der Waals surface area contributed by atoms with Gasteiger partial charge in [0, 0.05) is 16.8 Å². The maximum Gasteiger partial charge on any atom is 0.418 e. The molecule has 0 unspecified atom stereocenters. The van der Waals surface area contributed by atoms with Gasteiger partial charge in [0.25, 0.3) is 0 Å². The van der Waals surface area contributed by atoms with Crippen molar-refractivity contribution in [2.75, 3.05) is 0 Å². The van der Waals surface area contributed by atoms with Crippen LogP contribution < -0.4 is 9.05 Å². The van der Waals surface area contributed by atoms with Gasteiger partial charge in [-0.25, -0.2) is 4.57 Å². The maximum atomic E-state index is 11.5. The Hall–Kier alpha value is -1.22. The predicted molar refractivity (Wildman–Crippen MR) is 63.1 cm³/mol. The molecule has 17 heavy (non-hydrogen) atoms. The van der Waals surface area contributed by atoms with Crippen LogP contribution >= 0.6 is 8.25 Å². The largest absolute Gasteiger partial charge is 0.418 e. The summed E-state index contributed by atoms with van der Waals surface area (Å²) < 4.78 is 21.8. The third kappa shape index (κ3) is 4.65. The SMILES string of the molecule is O=[PH](Oc1ccccc1)Oc1ccccc1.[Co]. The zero-order valence-electron chi connectivity index (χ0n) is 8.83. The Morgan fingerprint density at radius 2 is 1.06 bits per heavy atom. The molecular formula is C12H11CoO3P. The summed E-state index contributed by atoms with van der Waals surface area (Å²) in [6.07, 6.45) is 0. The molecule has 0 amide bonds. The van der Waals surface area contributed by atoms with E-state index in [-0.39, 0.29) is 16.8 Å². The molecule has 0 aromatic heterocycles. The predicted octanol–water partition coefficient (Wildman–Crippen LogP) is 3.53. The Kier molecular flexibility index (Phi) is 5.84. The smallest absolute Gasteiger partial charge is 0.418 e. The van der Waals surface area contributed by atoms with E-state index >= 15 is 0 Å². The Morgan fingerprint density at radius 3 is 1.41 bits per heavy atom. The van der Waals surface area contributed by atoms with Crippen molar-refractivity contribution in [3.8, 4) is 11.5 Å². The Morgan fingerprint density at radius 1 is 0.706 bits per heavy atom. The number of rotatable bonds is 4. The maximum absolute atomic E-state index is 11.5. The molecule has 0 aliphatic carbocycles. The normalized spacial score (nSPS) is 9.47. The van der Waals surface area contributed by atoms with Gasteiger partial charge in [0.05, 0.1) is 0 Å². The van der Waals surface area contributed by atoms with E-state index in [0.29, 0.717) is 11.5 Å². The third-order valence-electron chi connectivity index (χ3n) is 1.89. The van der Waals surface area contributed by atoms with Gasteiger partial charge >= 0.3 is 8.25 Å². The van der Waals surface area contributed by atoms with Crippen LogP contribution in [0.4, 0.5) is 0 Å². The van der Waals surface area contributed by atoms with Crippen molar-refractivity contribution < 1.29 is 30.4 Å². The summed E-state index contributed by atoms with van der Waals surface area (Å²) in [6, 6.07) is 17.9. The molecule has 2 aromatic carbocycles. The first-order chi connectivity index (χ1) is 7.84. The van der Waals surface area contributed by atoms with Gasteiger partial charge in [-0.3, -0.25) is 0 Å². The molecule has 0 bridgehead atoms. The molecule has 0 fully saturated rings. The molecule has 0 spiro atoms. The summed E-state index contributed by atoms with van der Waals surface area (Å²) in [6.45, 7) is 0. The van der Waals surface area contributed by atoms with E-state index in [1.807, 2.05) is 36.4 Å². The first-order valence-electron chi connectivity index (χ1n) is 4.84. The van der Waals surface area contributed by atoms with Gasteiger partial charge < -0.3 is 9.05 Å². The van der Waals surface area contributed by atoms with Gasteiger partial charge in [-0.05, 0) is 24.3 Å². The molecule has 5 heteroatoms. The molecule has 0 atom stereocenters. The number of hydrogen-bond acceptors (Lipinski definition) is 3. The van der Waals surface area contributed by atoms with Crippen LogP contribution in [0.25, 0.3) is 0 Å². The Bertz CT molecular complexity index is 418. The number of para-hydroxylation sites is 2. The van der Waals surface area contributed by atoms with Crippen LogP contribution in [0.3, 0.4) is 0 Å². The van der Waals surface area contributed by atoms with E-state index in [9.17, 15) is 4.57 Å². The minimum atomic E-state index is -2.54. The monoisotopic (exact) mass is 293 g/mol. The van der Waals surface area contributed by atoms with Gasteiger partial charge in [0.2, 0.25) is 0 Å². The van der Waals surface area contributed by atoms with Gasteiger partial charge in [-0.1, -0.05) is 36.4 Å². The molecule has 0 saturated heterocycles. The standard InChI is InChI=1S/C12H11O3P.Co/c13-16(14-11-7-3-1-4-8-11)15-12-9-5-2-6-10-12;/h1-10,16H;. The summed E-state index contributed by atoms with van der Waals surface area (Å²) in [7, 11) is -2.54. The summed E-state index contributed by atoms with van der Waals surface area (Å²) in [5.74, 6) is 1.09. The summed E-state index contributed by atoms with van der Waals surface area (Å²) in [5, 5.41) is 0. The average molecular weight is 293 g/mol. The molecule has 3 nitrogen and oxygen atoms in total. The van der Waals surface area contributed by atoms with Crippen LogP contribution in [-0.2, 0) is 21.3 Å². The van der Waals surface area contributed by atoms with Crippen LogP contribution in [0, 0.1) is 0 Å². The van der Waals surface area contributed by atoms with Crippen molar-refractivity contribution in [2.45, 2.75) is 0 Å². The van der Waals surface area contributed by atoms with Crippen LogP contribution in [0.2, 0.25) is 0 Å². The van der Waals surface area contributed by atoms with Crippen LogP contribution in [-0.4, -0.2) is 0 Å². The molecule has 0 saturated carbocycles. The van der Waals surface area contributed by atoms with E-state index in [1.54, 1.807) is 24.3 Å². The zero-order chi connectivity index (χ0) is 11.2. The molecule has 0 heterocycles. The van der Waals surface area contributed by atoms with Crippen molar-refractivity contribution in [3.63, 3.8) is 0 Å². The quantitative estimate of drug-likeness (QED) is 0.809. The van der Waals surface area contributed by atoms with E-state index in [1.165, 1.54) is 0 Å². The Labute approximate surface area is 111 Å². The second-order valence-corrected chi connectivity index (χ2v) is 3.99. The van der Waals surface area contributed by atoms with Crippen molar-refractivity contribution in [1.82, 2.24) is 0 Å². The fraction of sp³-hybridized carbons (Fsp3) is 0. The van der Waals surface area contributed by atoms with Crippen molar-refractivity contribution in [3.05, 3.63) is 60.7 Å². The van der Waals surface area contributed by atoms with Crippen molar-refractivity contribution in [2.24, 2.45) is 0 Å². The Balaban J connectivity index is 0.00000144. The van der Waals surface area contributed by atoms with E-state index < -0.39 is 8.25 Å². The van der Waals surface area contributed by atoms with Gasteiger partial charge in [-0.2, -0.15) is 0 Å². The van der Waals surface area contributed by atoms with Gasteiger partial charge in [0.15, 0.2) is 0 Å². The number of benzene rings is 2. The fourth-order valence-corrected chi connectivity index (χ4v) is 1.89. The van der Waals surface area contributed by atoms with Crippen molar-refractivity contribution in [1.29, 1.82) is 0 Å². The van der Waals surface area contributed by atoms with E-state index in [0.717, 1.165) is 0 Å². The van der Waals surface area contributed by atoms with E-state index in [4.69, 9.17) is 9.05 Å². The zero-order valence-corrected chi connectivity index (χ0v) is 10.9. The molecular weight excluding hydrogens is 282 g/mol. The minimum Gasteiger partial charge on any atom is -0.418 e. The second-order valence-electron chi connectivity index (χ2n) is 3.08. The van der Waals surface area contributed by atoms with Crippen LogP contribution in [0.1, 0.15) is 0 Å². The van der Waals surface area contributed by atoms with Crippen LogP contribution in [0.15, 0.2) is 60.7 Å². The molecule has 2 aromatic rings. The molecule has 0 N–H and O–H groups in total. The average Bonchev–Trinajstić information content (AvgIpc) is 2.31. The minimum absolute atomic E-state index is 0. The van der Waals surface area contributed by atoms with Crippen molar-refractivity contribution >= 4 is 8.25 Å². The molecule has 91 valence electrons. The van der Waals surface area contributed by atoms with E-state index in [2.05, 4.69) is 0 Å². The molecule has 0 aliphatic heterocycles. The first-order valence-corrected chi connectivity index (χ1v) is 6.07. The molecule has 2 rings (SSSR count).